The number of phenols is 1. The van der Waals surface area contributed by atoms with E-state index in [1.54, 1.807) is 12.3 Å². The molecule has 0 aliphatic heterocycles. The number of aliphatic imine (C=N–C) groups is 1. The molecule has 2 aromatic carbocycles. The molecule has 1 atom stereocenters. The number of aromatic hydroxyl groups is 1. The Labute approximate surface area is 106 Å². The van der Waals surface area contributed by atoms with Crippen LogP contribution in [-0.2, 0) is 0 Å². The third-order valence-corrected chi connectivity index (χ3v) is 3.04. The summed E-state index contributed by atoms with van der Waals surface area (Å²) in [6.07, 6.45) is 2.43. The number of aliphatic hydroxyl groups excluding tert-OH is 1. The van der Waals surface area contributed by atoms with Crippen molar-refractivity contribution in [3.8, 4) is 5.75 Å². The molecule has 0 bridgehead atoms. The van der Waals surface area contributed by atoms with Crippen molar-refractivity contribution in [2.75, 3.05) is 6.61 Å². The quantitative estimate of drug-likeness (QED) is 0.811. The predicted octanol–water partition coefficient (Wildman–Crippen LogP) is 2.74. The minimum absolute atomic E-state index is 0.0263. The number of hydrogen-bond acceptors (Lipinski definition) is 3. The fourth-order valence-electron chi connectivity index (χ4n) is 1.88. The lowest BCUT2D eigenvalue weighted by Crippen LogP contribution is -2.08. The van der Waals surface area contributed by atoms with Gasteiger partial charge in [0.2, 0.25) is 0 Å². The Kier molecular flexibility index (Phi) is 3.95. The van der Waals surface area contributed by atoms with Gasteiger partial charge in [0, 0.05) is 11.8 Å². The van der Waals surface area contributed by atoms with Crippen molar-refractivity contribution in [2.45, 2.75) is 19.4 Å². The maximum absolute atomic E-state index is 9.91. The average molecular weight is 243 g/mol. The summed E-state index contributed by atoms with van der Waals surface area (Å²) in [5, 5.41) is 21.1. The second-order valence-corrected chi connectivity index (χ2v) is 4.24. The topological polar surface area (TPSA) is 52.8 Å². The molecule has 0 saturated heterocycles. The summed E-state index contributed by atoms with van der Waals surface area (Å²) in [5.41, 5.74) is 0.708. The van der Waals surface area contributed by atoms with Gasteiger partial charge in [-0.1, -0.05) is 37.3 Å². The minimum Gasteiger partial charge on any atom is -0.507 e. The summed E-state index contributed by atoms with van der Waals surface area (Å²) in [5.74, 6) is 0.213. The molecule has 3 heteroatoms. The molecule has 0 saturated carbocycles. The number of rotatable bonds is 4. The molecule has 3 nitrogen and oxygen atoms in total. The van der Waals surface area contributed by atoms with E-state index < -0.39 is 0 Å². The van der Waals surface area contributed by atoms with Crippen molar-refractivity contribution in [3.05, 3.63) is 42.0 Å². The van der Waals surface area contributed by atoms with Crippen LogP contribution in [0.4, 0.5) is 0 Å². The van der Waals surface area contributed by atoms with Crippen LogP contribution in [0.5, 0.6) is 5.75 Å². The molecule has 0 amide bonds. The second kappa shape index (κ2) is 5.65. The van der Waals surface area contributed by atoms with Crippen LogP contribution in [0.15, 0.2) is 41.4 Å². The molecular formula is C15H17NO2. The zero-order chi connectivity index (χ0) is 13.0. The van der Waals surface area contributed by atoms with Gasteiger partial charge in [-0.25, -0.2) is 0 Å². The number of benzene rings is 2. The van der Waals surface area contributed by atoms with E-state index in [0.717, 1.165) is 17.2 Å². The van der Waals surface area contributed by atoms with Crippen molar-refractivity contribution >= 4 is 17.0 Å². The lowest BCUT2D eigenvalue weighted by Gasteiger charge is -2.07. The van der Waals surface area contributed by atoms with Crippen LogP contribution in [0.25, 0.3) is 10.8 Å². The molecule has 94 valence electrons. The first kappa shape index (κ1) is 12.6. The Balaban J connectivity index is 2.46. The Bertz CT molecular complexity index is 559. The normalized spacial score (nSPS) is 13.2. The van der Waals surface area contributed by atoms with E-state index in [2.05, 4.69) is 4.99 Å². The van der Waals surface area contributed by atoms with Gasteiger partial charge >= 0.3 is 0 Å². The standard InChI is InChI=1S/C15H17NO2/c1-2-12(10-17)16-9-14-13-6-4-3-5-11(13)7-8-15(14)18/h3-9,12,17-18H,2,10H2,1H3/t12-/m1/s1. The summed E-state index contributed by atoms with van der Waals surface area (Å²) < 4.78 is 0. The van der Waals surface area contributed by atoms with Crippen molar-refractivity contribution in [2.24, 2.45) is 4.99 Å². The van der Waals surface area contributed by atoms with E-state index in [0.29, 0.717) is 5.56 Å². The van der Waals surface area contributed by atoms with E-state index >= 15 is 0 Å². The molecule has 0 spiro atoms. The lowest BCUT2D eigenvalue weighted by atomic mass is 10.0. The lowest BCUT2D eigenvalue weighted by molar-refractivity contribution is 0.264. The highest BCUT2D eigenvalue weighted by Gasteiger charge is 2.05. The number of hydrogen-bond donors (Lipinski definition) is 2. The van der Waals surface area contributed by atoms with E-state index in [9.17, 15) is 5.11 Å². The van der Waals surface area contributed by atoms with E-state index in [1.807, 2.05) is 37.3 Å². The average Bonchev–Trinajstić information content (AvgIpc) is 2.42. The zero-order valence-electron chi connectivity index (χ0n) is 10.4. The van der Waals surface area contributed by atoms with E-state index in [4.69, 9.17) is 5.11 Å². The number of aliphatic hydroxyl groups is 1. The highest BCUT2D eigenvalue weighted by atomic mass is 16.3. The summed E-state index contributed by atoms with van der Waals surface area (Å²) in [6, 6.07) is 11.3. The molecular weight excluding hydrogens is 226 g/mol. The third kappa shape index (κ3) is 2.51. The van der Waals surface area contributed by atoms with Gasteiger partial charge in [0.15, 0.2) is 0 Å². The molecule has 0 radical (unpaired) electrons. The van der Waals surface area contributed by atoms with Crippen molar-refractivity contribution in [1.29, 1.82) is 0 Å². The van der Waals surface area contributed by atoms with Gasteiger partial charge in [-0.3, -0.25) is 4.99 Å². The van der Waals surface area contributed by atoms with Crippen LogP contribution < -0.4 is 0 Å². The highest BCUT2D eigenvalue weighted by molar-refractivity contribution is 6.02. The molecule has 0 fully saturated rings. The van der Waals surface area contributed by atoms with Gasteiger partial charge in [-0.15, -0.1) is 0 Å². The highest BCUT2D eigenvalue weighted by Crippen LogP contribution is 2.25. The van der Waals surface area contributed by atoms with E-state index in [1.165, 1.54) is 0 Å². The maximum Gasteiger partial charge on any atom is 0.124 e. The van der Waals surface area contributed by atoms with Crippen molar-refractivity contribution < 1.29 is 10.2 Å². The van der Waals surface area contributed by atoms with Crippen LogP contribution in [0.1, 0.15) is 18.9 Å². The third-order valence-electron chi connectivity index (χ3n) is 3.04. The van der Waals surface area contributed by atoms with E-state index in [-0.39, 0.29) is 18.4 Å². The van der Waals surface area contributed by atoms with Gasteiger partial charge in [0.1, 0.15) is 5.75 Å². The summed E-state index contributed by atoms with van der Waals surface area (Å²) in [7, 11) is 0. The van der Waals surface area contributed by atoms with Crippen LogP contribution in [0, 0.1) is 0 Å². The number of fused-ring (bicyclic) bond motifs is 1. The molecule has 0 heterocycles. The van der Waals surface area contributed by atoms with Gasteiger partial charge in [0.25, 0.3) is 0 Å². The molecule has 2 rings (SSSR count). The second-order valence-electron chi connectivity index (χ2n) is 4.24. The molecule has 18 heavy (non-hydrogen) atoms. The van der Waals surface area contributed by atoms with Crippen LogP contribution in [0.3, 0.4) is 0 Å². The largest absolute Gasteiger partial charge is 0.507 e. The Morgan fingerprint density at radius 1 is 1.22 bits per heavy atom. The van der Waals surface area contributed by atoms with Crippen LogP contribution >= 0.6 is 0 Å². The molecule has 0 aliphatic carbocycles. The molecule has 2 N–H and O–H groups in total. The first-order valence-electron chi connectivity index (χ1n) is 6.11. The fraction of sp³-hybridized carbons (Fsp3) is 0.267. The monoisotopic (exact) mass is 243 g/mol. The fourth-order valence-corrected chi connectivity index (χ4v) is 1.88. The maximum atomic E-state index is 9.91. The van der Waals surface area contributed by atoms with Gasteiger partial charge in [-0.2, -0.15) is 0 Å². The zero-order valence-corrected chi connectivity index (χ0v) is 10.4. The molecule has 0 aromatic heterocycles. The van der Waals surface area contributed by atoms with Crippen LogP contribution in [-0.4, -0.2) is 29.1 Å². The summed E-state index contributed by atoms with van der Waals surface area (Å²) in [6.45, 7) is 2.00. The number of nitrogens with zero attached hydrogens (tertiary/aromatic N) is 1. The first-order chi connectivity index (χ1) is 8.76. The SMILES string of the molecule is CC[C@H](CO)N=Cc1c(O)ccc2ccccc12. The van der Waals surface area contributed by atoms with Crippen LogP contribution in [0.2, 0.25) is 0 Å². The predicted molar refractivity (Wildman–Crippen MR) is 74.4 cm³/mol. The smallest absolute Gasteiger partial charge is 0.124 e. The molecule has 0 aliphatic rings. The summed E-state index contributed by atoms with van der Waals surface area (Å²) in [4.78, 5) is 4.31. The van der Waals surface area contributed by atoms with Gasteiger partial charge < -0.3 is 10.2 Å². The minimum atomic E-state index is -0.108. The Morgan fingerprint density at radius 2 is 2.00 bits per heavy atom. The van der Waals surface area contributed by atoms with Gasteiger partial charge in [-0.05, 0) is 23.3 Å². The number of phenolic OH excluding ortho intramolecular Hbond substituents is 1. The van der Waals surface area contributed by atoms with Gasteiger partial charge in [0.05, 0.1) is 12.6 Å². The van der Waals surface area contributed by atoms with Crippen molar-refractivity contribution in [1.82, 2.24) is 0 Å². The first-order valence-corrected chi connectivity index (χ1v) is 6.11. The molecule has 2 aromatic rings. The summed E-state index contributed by atoms with van der Waals surface area (Å²) >= 11 is 0. The Hall–Kier alpha value is -1.87. The Morgan fingerprint density at radius 3 is 2.72 bits per heavy atom. The molecule has 0 unspecified atom stereocenters. The van der Waals surface area contributed by atoms with Crippen molar-refractivity contribution in [3.63, 3.8) is 0 Å².